The van der Waals surface area contributed by atoms with Crippen LogP contribution >= 0.6 is 11.3 Å². The molecule has 52 heavy (non-hydrogen) atoms. The number of furan rings is 2. The predicted octanol–water partition coefficient (Wildman–Crippen LogP) is 14.7. The van der Waals surface area contributed by atoms with Gasteiger partial charge in [0.15, 0.2) is 5.58 Å². The highest BCUT2D eigenvalue weighted by Gasteiger charge is 2.24. The summed E-state index contributed by atoms with van der Waals surface area (Å²) in [7, 11) is 0. The lowest BCUT2D eigenvalue weighted by molar-refractivity contribution is 0.669. The summed E-state index contributed by atoms with van der Waals surface area (Å²) in [6.45, 7) is 0. The van der Waals surface area contributed by atoms with Gasteiger partial charge in [0.1, 0.15) is 16.7 Å². The van der Waals surface area contributed by atoms with Crippen LogP contribution in [0.3, 0.4) is 0 Å². The van der Waals surface area contributed by atoms with Gasteiger partial charge < -0.3 is 13.7 Å². The molecule has 244 valence electrons. The molecule has 0 aliphatic heterocycles. The van der Waals surface area contributed by atoms with E-state index in [0.717, 1.165) is 83.2 Å². The molecular weight excluding hydrogens is 655 g/mol. The third-order valence-electron chi connectivity index (χ3n) is 10.3. The smallest absolute Gasteiger partial charge is 0.159 e. The maximum absolute atomic E-state index is 7.02. The van der Waals surface area contributed by atoms with Gasteiger partial charge in [-0.3, -0.25) is 0 Å². The van der Waals surface area contributed by atoms with Gasteiger partial charge in [0, 0.05) is 53.8 Å². The first-order valence-corrected chi connectivity index (χ1v) is 18.3. The Labute approximate surface area is 303 Å². The van der Waals surface area contributed by atoms with E-state index in [4.69, 9.17) is 8.83 Å². The van der Waals surface area contributed by atoms with Crippen molar-refractivity contribution in [3.63, 3.8) is 0 Å². The van der Waals surface area contributed by atoms with E-state index >= 15 is 0 Å². The average molecular weight is 684 g/mol. The summed E-state index contributed by atoms with van der Waals surface area (Å²) in [6.07, 6.45) is 0. The lowest BCUT2D eigenvalue weighted by atomic mass is 10.0. The summed E-state index contributed by atoms with van der Waals surface area (Å²) in [4.78, 5) is 2.38. The molecule has 11 rings (SSSR count). The molecule has 3 aromatic heterocycles. The first kappa shape index (κ1) is 29.1. The van der Waals surface area contributed by atoms with Gasteiger partial charge in [-0.2, -0.15) is 0 Å². The van der Waals surface area contributed by atoms with Gasteiger partial charge in [-0.25, -0.2) is 0 Å². The molecule has 0 spiro atoms. The van der Waals surface area contributed by atoms with Crippen molar-refractivity contribution in [2.75, 3.05) is 4.90 Å². The molecule has 0 saturated heterocycles. The Morgan fingerprint density at radius 1 is 0.385 bits per heavy atom. The first-order chi connectivity index (χ1) is 25.8. The minimum Gasteiger partial charge on any atom is -0.455 e. The predicted molar refractivity (Wildman–Crippen MR) is 219 cm³/mol. The topological polar surface area (TPSA) is 29.5 Å². The molecule has 0 fully saturated rings. The number of fused-ring (bicyclic) bond motifs is 9. The number of anilines is 3. The summed E-state index contributed by atoms with van der Waals surface area (Å²) in [5.41, 5.74) is 11.0. The fraction of sp³-hybridized carbons (Fsp3) is 0. The molecule has 3 nitrogen and oxygen atoms in total. The number of benzene rings is 8. The summed E-state index contributed by atoms with van der Waals surface area (Å²) in [5.74, 6) is 0. The second-order valence-electron chi connectivity index (χ2n) is 13.2. The van der Waals surface area contributed by atoms with Gasteiger partial charge in [0.05, 0.1) is 16.1 Å². The van der Waals surface area contributed by atoms with E-state index in [2.05, 4.69) is 169 Å². The van der Waals surface area contributed by atoms with Crippen molar-refractivity contribution in [2.45, 2.75) is 0 Å². The van der Waals surface area contributed by atoms with Crippen LogP contribution in [0.4, 0.5) is 17.1 Å². The normalized spacial score (nSPS) is 11.8. The van der Waals surface area contributed by atoms with Crippen molar-refractivity contribution in [1.82, 2.24) is 0 Å². The molecule has 0 aliphatic rings. The molecule has 8 aromatic carbocycles. The molecule has 4 heteroatoms. The molecule has 0 aliphatic carbocycles. The maximum atomic E-state index is 7.02. The van der Waals surface area contributed by atoms with Crippen molar-refractivity contribution in [2.24, 2.45) is 0 Å². The van der Waals surface area contributed by atoms with Crippen molar-refractivity contribution in [3.05, 3.63) is 176 Å². The van der Waals surface area contributed by atoms with Crippen LogP contribution in [0.5, 0.6) is 0 Å². The van der Waals surface area contributed by atoms with Gasteiger partial charge >= 0.3 is 0 Å². The van der Waals surface area contributed by atoms with Crippen LogP contribution in [0, 0.1) is 0 Å². The van der Waals surface area contributed by atoms with Gasteiger partial charge in [0.25, 0.3) is 0 Å². The van der Waals surface area contributed by atoms with E-state index in [1.54, 1.807) is 0 Å². The lowest BCUT2D eigenvalue weighted by Crippen LogP contribution is -2.10. The highest BCUT2D eigenvalue weighted by atomic mass is 32.1. The average Bonchev–Trinajstić information content (AvgIpc) is 3.91. The third kappa shape index (κ3) is 4.38. The van der Waals surface area contributed by atoms with Gasteiger partial charge in [-0.1, -0.05) is 140 Å². The molecule has 11 aromatic rings. The molecule has 0 unspecified atom stereocenters. The Balaban J connectivity index is 1.19. The SMILES string of the molecule is c1ccc(-c2cccc3c2oc2c(N(c4cccc(-c5cccc6c5oc5ccccc56)c4)c4cccc5c4sc4ccccc45)cccc23)cc1. The van der Waals surface area contributed by atoms with Crippen LogP contribution in [0.2, 0.25) is 0 Å². The van der Waals surface area contributed by atoms with Crippen LogP contribution in [-0.4, -0.2) is 0 Å². The monoisotopic (exact) mass is 683 g/mol. The Hall–Kier alpha value is -6.62. The van der Waals surface area contributed by atoms with E-state index in [9.17, 15) is 0 Å². The van der Waals surface area contributed by atoms with Crippen LogP contribution in [0.15, 0.2) is 185 Å². The second kappa shape index (κ2) is 11.5. The van der Waals surface area contributed by atoms with Crippen molar-refractivity contribution < 1.29 is 8.83 Å². The highest BCUT2D eigenvalue weighted by Crippen LogP contribution is 2.49. The summed E-state index contributed by atoms with van der Waals surface area (Å²) in [5, 5.41) is 6.94. The zero-order chi connectivity index (χ0) is 34.2. The molecule has 3 heterocycles. The maximum Gasteiger partial charge on any atom is 0.159 e. The zero-order valence-corrected chi connectivity index (χ0v) is 28.7. The molecule has 0 N–H and O–H groups in total. The largest absolute Gasteiger partial charge is 0.455 e. The minimum absolute atomic E-state index is 0.851. The van der Waals surface area contributed by atoms with Crippen molar-refractivity contribution >= 4 is 92.4 Å². The summed E-state index contributed by atoms with van der Waals surface area (Å²) >= 11 is 1.83. The van der Waals surface area contributed by atoms with Gasteiger partial charge in [0.2, 0.25) is 0 Å². The fourth-order valence-corrected chi connectivity index (χ4v) is 9.14. The zero-order valence-electron chi connectivity index (χ0n) is 27.9. The fourth-order valence-electron chi connectivity index (χ4n) is 7.93. The second-order valence-corrected chi connectivity index (χ2v) is 14.3. The standard InChI is InChI=1S/C48H29NO2S/c1-2-13-30(14-3-1)33-19-9-22-38-39-23-11-25-41(47(39)51-46(33)38)49(42-26-12-24-40-36-18-5-7-28-44(36)52-48(40)42)32-16-8-15-31(29-32)34-20-10-21-37-35-17-4-6-27-43(35)50-45(34)37/h1-29H. The summed E-state index contributed by atoms with van der Waals surface area (Å²) in [6, 6.07) is 62.3. The van der Waals surface area contributed by atoms with Gasteiger partial charge in [-0.05, 0) is 47.5 Å². The van der Waals surface area contributed by atoms with Crippen LogP contribution in [-0.2, 0) is 0 Å². The number of hydrogen-bond acceptors (Lipinski definition) is 4. The Morgan fingerprint density at radius 2 is 0.962 bits per heavy atom. The van der Waals surface area contributed by atoms with E-state index in [-0.39, 0.29) is 0 Å². The third-order valence-corrected chi connectivity index (χ3v) is 11.5. The van der Waals surface area contributed by atoms with E-state index < -0.39 is 0 Å². The highest BCUT2D eigenvalue weighted by molar-refractivity contribution is 7.26. The van der Waals surface area contributed by atoms with Crippen molar-refractivity contribution in [1.29, 1.82) is 0 Å². The van der Waals surface area contributed by atoms with Gasteiger partial charge in [-0.15, -0.1) is 11.3 Å². The van der Waals surface area contributed by atoms with Crippen LogP contribution < -0.4 is 4.90 Å². The summed E-state index contributed by atoms with van der Waals surface area (Å²) < 4.78 is 16.0. The molecule has 0 amide bonds. The Kier molecular flexibility index (Phi) is 6.42. The Bertz CT molecular complexity index is 3150. The first-order valence-electron chi connectivity index (χ1n) is 17.5. The van der Waals surface area contributed by atoms with E-state index in [0.29, 0.717) is 0 Å². The molecule has 0 radical (unpaired) electrons. The number of thiophene rings is 1. The Morgan fingerprint density at radius 3 is 1.81 bits per heavy atom. The van der Waals surface area contributed by atoms with E-state index in [1.807, 2.05) is 23.5 Å². The quantitative estimate of drug-likeness (QED) is 0.181. The van der Waals surface area contributed by atoms with Crippen molar-refractivity contribution in [3.8, 4) is 22.3 Å². The number of para-hydroxylation sites is 4. The molecule has 0 atom stereocenters. The molecule has 0 saturated carbocycles. The molecule has 0 bridgehead atoms. The number of nitrogens with zero attached hydrogens (tertiary/aromatic N) is 1. The lowest BCUT2D eigenvalue weighted by Gasteiger charge is -2.26. The van der Waals surface area contributed by atoms with Crippen LogP contribution in [0.1, 0.15) is 0 Å². The molecular formula is C48H29NO2S. The minimum atomic E-state index is 0.851. The van der Waals surface area contributed by atoms with E-state index in [1.165, 1.54) is 20.2 Å². The van der Waals surface area contributed by atoms with Crippen LogP contribution in [0.25, 0.3) is 86.3 Å². The number of hydrogen-bond donors (Lipinski definition) is 0. The number of rotatable bonds is 5.